The summed E-state index contributed by atoms with van der Waals surface area (Å²) in [6.45, 7) is 3.66. The molecule has 0 atom stereocenters. The molecule has 9 heteroatoms. The number of furan rings is 1. The maximum absolute atomic E-state index is 12.7. The summed E-state index contributed by atoms with van der Waals surface area (Å²) in [6.07, 6.45) is 0. The molecule has 3 aromatic rings. The predicted octanol–water partition coefficient (Wildman–Crippen LogP) is 4.36. The minimum Gasteiger partial charge on any atom is -0.485 e. The highest BCUT2D eigenvalue weighted by Crippen LogP contribution is 2.34. The Morgan fingerprint density at radius 1 is 1.00 bits per heavy atom. The van der Waals surface area contributed by atoms with E-state index in [0.29, 0.717) is 11.3 Å². The van der Waals surface area contributed by atoms with Crippen molar-refractivity contribution in [1.82, 2.24) is 0 Å². The van der Waals surface area contributed by atoms with Crippen molar-refractivity contribution < 1.29 is 33.0 Å². The maximum atomic E-state index is 12.7. The number of carbonyl (C=O) groups is 3. The van der Waals surface area contributed by atoms with Gasteiger partial charge in [-0.2, -0.15) is 0 Å². The summed E-state index contributed by atoms with van der Waals surface area (Å²) >= 11 is 0.928. The van der Waals surface area contributed by atoms with E-state index in [0.717, 1.165) is 22.6 Å². The molecule has 2 aromatic heterocycles. The number of aryl methyl sites for hydroxylation is 1. The number of methoxy groups -OCH3 is 2. The van der Waals surface area contributed by atoms with Gasteiger partial charge in [0.2, 0.25) is 0 Å². The van der Waals surface area contributed by atoms with Gasteiger partial charge in [-0.25, -0.2) is 9.59 Å². The van der Waals surface area contributed by atoms with Crippen molar-refractivity contribution in [3.63, 3.8) is 0 Å². The molecule has 0 spiro atoms. The molecule has 3 rings (SSSR count). The predicted molar refractivity (Wildman–Crippen MR) is 114 cm³/mol. The Balaban J connectivity index is 1.77. The number of esters is 2. The van der Waals surface area contributed by atoms with Crippen molar-refractivity contribution in [3.8, 4) is 5.75 Å². The number of benzene rings is 1. The van der Waals surface area contributed by atoms with E-state index in [2.05, 4.69) is 5.32 Å². The molecule has 0 saturated carbocycles. The van der Waals surface area contributed by atoms with Gasteiger partial charge in [-0.15, -0.1) is 11.3 Å². The number of anilines is 1. The molecule has 8 nitrogen and oxygen atoms in total. The van der Waals surface area contributed by atoms with Crippen LogP contribution < -0.4 is 10.1 Å². The SMILES string of the molecule is COC(=O)c1sc(NC(=O)c2ccc(COc3ccccc3C)o2)c(C(=O)OC)c1C. The van der Waals surface area contributed by atoms with Crippen molar-refractivity contribution in [2.24, 2.45) is 0 Å². The number of carbonyl (C=O) groups excluding carboxylic acids is 3. The second-order valence-electron chi connectivity index (χ2n) is 6.52. The quantitative estimate of drug-likeness (QED) is 0.541. The summed E-state index contributed by atoms with van der Waals surface area (Å²) in [5, 5.41) is 2.79. The first kappa shape index (κ1) is 22.1. The normalized spacial score (nSPS) is 10.5. The van der Waals surface area contributed by atoms with Crippen molar-refractivity contribution in [2.75, 3.05) is 19.5 Å². The lowest BCUT2D eigenvalue weighted by Crippen LogP contribution is -2.13. The first-order chi connectivity index (χ1) is 14.8. The van der Waals surface area contributed by atoms with Crippen LogP contribution in [0.15, 0.2) is 40.8 Å². The molecular weight excluding hydrogens is 422 g/mol. The fraction of sp³-hybridized carbons (Fsp3) is 0.227. The summed E-state index contributed by atoms with van der Waals surface area (Å²) in [5.74, 6) is -0.654. The molecule has 162 valence electrons. The lowest BCUT2D eigenvalue weighted by Gasteiger charge is -2.07. The highest BCUT2D eigenvalue weighted by molar-refractivity contribution is 7.18. The van der Waals surface area contributed by atoms with Crippen LogP contribution in [0.25, 0.3) is 0 Å². The van der Waals surface area contributed by atoms with Gasteiger partial charge < -0.3 is 23.9 Å². The smallest absolute Gasteiger partial charge is 0.348 e. The minimum absolute atomic E-state index is 0.0323. The molecule has 0 aliphatic carbocycles. The van der Waals surface area contributed by atoms with Crippen molar-refractivity contribution in [3.05, 3.63) is 69.5 Å². The molecule has 0 aliphatic rings. The number of ether oxygens (including phenoxy) is 3. The number of hydrogen-bond acceptors (Lipinski definition) is 8. The molecule has 1 N–H and O–H groups in total. The molecule has 1 aromatic carbocycles. The van der Waals surface area contributed by atoms with Gasteiger partial charge in [-0.1, -0.05) is 18.2 Å². The summed E-state index contributed by atoms with van der Waals surface area (Å²) in [7, 11) is 2.46. The van der Waals surface area contributed by atoms with Crippen molar-refractivity contribution in [2.45, 2.75) is 20.5 Å². The van der Waals surface area contributed by atoms with Crippen LogP contribution in [0.2, 0.25) is 0 Å². The monoisotopic (exact) mass is 443 g/mol. The molecular formula is C22H21NO7S. The van der Waals surface area contributed by atoms with Gasteiger partial charge in [0.05, 0.1) is 19.8 Å². The van der Waals surface area contributed by atoms with Crippen molar-refractivity contribution >= 4 is 34.2 Å². The molecule has 0 bridgehead atoms. The van der Waals surface area contributed by atoms with Crippen LogP contribution in [-0.4, -0.2) is 32.1 Å². The molecule has 0 fully saturated rings. The molecule has 1 amide bonds. The third-order valence-corrected chi connectivity index (χ3v) is 5.67. The highest BCUT2D eigenvalue weighted by atomic mass is 32.1. The zero-order valence-corrected chi connectivity index (χ0v) is 18.3. The number of para-hydroxylation sites is 1. The van der Waals surface area contributed by atoms with Crippen LogP contribution in [0.5, 0.6) is 5.75 Å². The summed E-state index contributed by atoms with van der Waals surface area (Å²) in [6, 6.07) is 10.7. The van der Waals surface area contributed by atoms with Crippen LogP contribution in [0.1, 0.15) is 47.5 Å². The Morgan fingerprint density at radius 3 is 2.39 bits per heavy atom. The molecule has 31 heavy (non-hydrogen) atoms. The summed E-state index contributed by atoms with van der Waals surface area (Å²) in [5.41, 5.74) is 1.44. The first-order valence-corrected chi connectivity index (χ1v) is 10.1. The molecule has 0 unspecified atom stereocenters. The second-order valence-corrected chi connectivity index (χ2v) is 7.54. The van der Waals surface area contributed by atoms with Gasteiger partial charge in [0.25, 0.3) is 5.91 Å². The Bertz CT molecular complexity index is 1130. The highest BCUT2D eigenvalue weighted by Gasteiger charge is 2.27. The fourth-order valence-corrected chi connectivity index (χ4v) is 3.95. The topological polar surface area (TPSA) is 104 Å². The Morgan fingerprint density at radius 2 is 1.71 bits per heavy atom. The van der Waals surface area contributed by atoms with Crippen LogP contribution in [-0.2, 0) is 16.1 Å². The van der Waals surface area contributed by atoms with Crippen LogP contribution >= 0.6 is 11.3 Å². The van der Waals surface area contributed by atoms with E-state index in [9.17, 15) is 14.4 Å². The lowest BCUT2D eigenvalue weighted by atomic mass is 10.1. The van der Waals surface area contributed by atoms with Crippen LogP contribution in [0.4, 0.5) is 5.00 Å². The van der Waals surface area contributed by atoms with E-state index in [4.69, 9.17) is 18.6 Å². The van der Waals surface area contributed by atoms with Crippen LogP contribution in [0.3, 0.4) is 0 Å². The van der Waals surface area contributed by atoms with Gasteiger partial charge in [0.15, 0.2) is 5.76 Å². The van der Waals surface area contributed by atoms with Gasteiger partial charge in [0.1, 0.15) is 28.0 Å². The van der Waals surface area contributed by atoms with Gasteiger partial charge in [0, 0.05) is 0 Å². The van der Waals surface area contributed by atoms with E-state index >= 15 is 0 Å². The average Bonchev–Trinajstić information content (AvgIpc) is 3.37. The Hall–Kier alpha value is -3.59. The van der Waals surface area contributed by atoms with E-state index in [1.54, 1.807) is 13.0 Å². The third-order valence-electron chi connectivity index (χ3n) is 4.48. The van der Waals surface area contributed by atoms with Gasteiger partial charge in [-0.05, 0) is 43.2 Å². The standard InChI is InChI=1S/C22H21NO7S/c1-12-7-5-6-8-15(12)29-11-14-9-10-16(30-14)19(24)23-20-17(21(25)27-3)13(2)18(31-20)22(26)28-4/h5-10H,11H2,1-4H3,(H,23,24). The number of amides is 1. The first-order valence-electron chi connectivity index (χ1n) is 9.24. The fourth-order valence-electron chi connectivity index (χ4n) is 2.85. The van der Waals surface area contributed by atoms with Gasteiger partial charge in [-0.3, -0.25) is 4.79 Å². The molecule has 0 aliphatic heterocycles. The van der Waals surface area contributed by atoms with E-state index in [-0.39, 0.29) is 27.8 Å². The van der Waals surface area contributed by atoms with Gasteiger partial charge >= 0.3 is 11.9 Å². The minimum atomic E-state index is -0.675. The average molecular weight is 443 g/mol. The third kappa shape index (κ3) is 4.77. The zero-order chi connectivity index (χ0) is 22.5. The Kier molecular flexibility index (Phi) is 6.76. The molecule has 0 radical (unpaired) electrons. The number of hydrogen-bond donors (Lipinski definition) is 1. The largest absolute Gasteiger partial charge is 0.485 e. The molecule has 2 heterocycles. The lowest BCUT2D eigenvalue weighted by molar-refractivity contribution is 0.0601. The number of rotatable bonds is 7. The zero-order valence-electron chi connectivity index (χ0n) is 17.4. The van der Waals surface area contributed by atoms with E-state index in [1.165, 1.54) is 20.3 Å². The second kappa shape index (κ2) is 9.48. The van der Waals surface area contributed by atoms with E-state index < -0.39 is 17.8 Å². The Labute approximate surface area is 182 Å². The maximum Gasteiger partial charge on any atom is 0.348 e. The number of nitrogens with one attached hydrogen (secondary N) is 1. The summed E-state index contributed by atoms with van der Waals surface area (Å²) in [4.78, 5) is 37.0. The number of thiophene rings is 1. The van der Waals surface area contributed by atoms with Crippen LogP contribution in [0, 0.1) is 13.8 Å². The summed E-state index contributed by atoms with van der Waals surface area (Å²) < 4.78 is 20.8. The molecule has 0 saturated heterocycles. The van der Waals surface area contributed by atoms with E-state index in [1.807, 2.05) is 31.2 Å². The van der Waals surface area contributed by atoms with Crippen molar-refractivity contribution in [1.29, 1.82) is 0 Å².